The second kappa shape index (κ2) is 8.37. The van der Waals surface area contributed by atoms with Crippen LogP contribution < -0.4 is 4.74 Å². The van der Waals surface area contributed by atoms with Crippen LogP contribution >= 0.6 is 0 Å². The molecular weight excluding hydrogens is 266 g/mol. The van der Waals surface area contributed by atoms with Crippen molar-refractivity contribution in [2.24, 2.45) is 5.92 Å². The van der Waals surface area contributed by atoms with Crippen molar-refractivity contribution in [1.82, 2.24) is 4.90 Å². The molecule has 2 atom stereocenters. The van der Waals surface area contributed by atoms with Crippen molar-refractivity contribution in [3.8, 4) is 5.75 Å². The van der Waals surface area contributed by atoms with E-state index in [4.69, 9.17) is 4.74 Å². The van der Waals surface area contributed by atoms with E-state index in [0.29, 0.717) is 19.1 Å². The lowest BCUT2D eigenvalue weighted by Crippen LogP contribution is -2.42. The Bertz CT molecular complexity index is 407. The van der Waals surface area contributed by atoms with Crippen molar-refractivity contribution in [2.75, 3.05) is 32.8 Å². The van der Waals surface area contributed by atoms with Crippen molar-refractivity contribution in [3.05, 3.63) is 29.8 Å². The van der Waals surface area contributed by atoms with E-state index in [2.05, 4.69) is 24.0 Å². The SMILES string of the molecule is CCc1ccc(OCC(O)CN2CCCC(CO)C2)cc1. The third-order valence-corrected chi connectivity index (χ3v) is 4.10. The zero-order chi connectivity index (χ0) is 15.1. The summed E-state index contributed by atoms with van der Waals surface area (Å²) >= 11 is 0. The smallest absolute Gasteiger partial charge is 0.119 e. The van der Waals surface area contributed by atoms with Gasteiger partial charge in [0, 0.05) is 19.7 Å². The molecule has 0 aliphatic carbocycles. The van der Waals surface area contributed by atoms with Crippen LogP contribution in [-0.2, 0) is 6.42 Å². The Balaban J connectivity index is 1.72. The standard InChI is InChI=1S/C17H27NO3/c1-2-14-5-7-17(8-6-14)21-13-16(20)11-18-9-3-4-15(10-18)12-19/h5-8,15-16,19-20H,2-4,9-13H2,1H3. The molecule has 0 aromatic heterocycles. The Morgan fingerprint density at radius 3 is 2.76 bits per heavy atom. The van der Waals surface area contributed by atoms with Crippen LogP contribution in [0.3, 0.4) is 0 Å². The molecule has 1 aromatic rings. The molecule has 1 aliphatic heterocycles. The summed E-state index contributed by atoms with van der Waals surface area (Å²) in [4.78, 5) is 2.22. The highest BCUT2D eigenvalue weighted by molar-refractivity contribution is 5.27. The van der Waals surface area contributed by atoms with Crippen LogP contribution in [0.4, 0.5) is 0 Å². The molecule has 2 unspecified atom stereocenters. The van der Waals surface area contributed by atoms with Crippen molar-refractivity contribution in [2.45, 2.75) is 32.3 Å². The second-order valence-electron chi connectivity index (χ2n) is 5.91. The van der Waals surface area contributed by atoms with E-state index in [-0.39, 0.29) is 6.61 Å². The van der Waals surface area contributed by atoms with E-state index >= 15 is 0 Å². The van der Waals surface area contributed by atoms with E-state index in [1.54, 1.807) is 0 Å². The number of hydrogen-bond donors (Lipinski definition) is 2. The molecule has 0 radical (unpaired) electrons. The lowest BCUT2D eigenvalue weighted by molar-refractivity contribution is 0.0431. The predicted molar refractivity (Wildman–Crippen MR) is 83.6 cm³/mol. The molecule has 0 bridgehead atoms. The van der Waals surface area contributed by atoms with Crippen LogP contribution in [0.25, 0.3) is 0 Å². The zero-order valence-electron chi connectivity index (χ0n) is 12.9. The van der Waals surface area contributed by atoms with Gasteiger partial charge in [-0.1, -0.05) is 19.1 Å². The average Bonchev–Trinajstić information content (AvgIpc) is 2.53. The van der Waals surface area contributed by atoms with Gasteiger partial charge in [0.1, 0.15) is 18.5 Å². The molecule has 1 aromatic carbocycles. The second-order valence-corrected chi connectivity index (χ2v) is 5.91. The Morgan fingerprint density at radius 1 is 1.33 bits per heavy atom. The number of nitrogens with zero attached hydrogens (tertiary/aromatic N) is 1. The van der Waals surface area contributed by atoms with E-state index in [9.17, 15) is 10.2 Å². The van der Waals surface area contributed by atoms with Gasteiger partial charge in [-0.3, -0.25) is 0 Å². The van der Waals surface area contributed by atoms with E-state index < -0.39 is 6.10 Å². The quantitative estimate of drug-likeness (QED) is 0.803. The molecule has 2 rings (SSSR count). The number of aliphatic hydroxyl groups is 2. The van der Waals surface area contributed by atoms with Crippen molar-refractivity contribution >= 4 is 0 Å². The van der Waals surface area contributed by atoms with Crippen LogP contribution in [-0.4, -0.2) is 54.1 Å². The molecule has 1 aliphatic rings. The Hall–Kier alpha value is -1.10. The minimum Gasteiger partial charge on any atom is -0.491 e. The van der Waals surface area contributed by atoms with Gasteiger partial charge in [-0.05, 0) is 49.4 Å². The minimum absolute atomic E-state index is 0.243. The molecule has 1 saturated heterocycles. The molecule has 0 amide bonds. The van der Waals surface area contributed by atoms with Crippen LogP contribution in [0.1, 0.15) is 25.3 Å². The number of aliphatic hydroxyl groups excluding tert-OH is 2. The predicted octanol–water partition coefficient (Wildman–Crippen LogP) is 1.69. The third-order valence-electron chi connectivity index (χ3n) is 4.10. The molecule has 4 nitrogen and oxygen atoms in total. The summed E-state index contributed by atoms with van der Waals surface area (Å²) in [5, 5.41) is 19.3. The van der Waals surface area contributed by atoms with Crippen molar-refractivity contribution < 1.29 is 14.9 Å². The lowest BCUT2D eigenvalue weighted by atomic mass is 9.99. The van der Waals surface area contributed by atoms with Crippen LogP contribution in [0.15, 0.2) is 24.3 Å². The molecule has 1 heterocycles. The largest absolute Gasteiger partial charge is 0.491 e. The first-order chi connectivity index (χ1) is 10.2. The fraction of sp³-hybridized carbons (Fsp3) is 0.647. The zero-order valence-corrected chi connectivity index (χ0v) is 12.9. The van der Waals surface area contributed by atoms with Gasteiger partial charge < -0.3 is 19.8 Å². The molecule has 118 valence electrons. The maximum Gasteiger partial charge on any atom is 0.119 e. The van der Waals surface area contributed by atoms with Gasteiger partial charge in [0.05, 0.1) is 0 Å². The maximum atomic E-state index is 10.1. The molecular formula is C17H27NO3. The van der Waals surface area contributed by atoms with Crippen molar-refractivity contribution in [3.63, 3.8) is 0 Å². The highest BCUT2D eigenvalue weighted by Gasteiger charge is 2.21. The topological polar surface area (TPSA) is 52.9 Å². The summed E-state index contributed by atoms with van der Waals surface area (Å²) < 4.78 is 5.64. The molecule has 21 heavy (non-hydrogen) atoms. The van der Waals surface area contributed by atoms with Gasteiger partial charge >= 0.3 is 0 Å². The first-order valence-corrected chi connectivity index (χ1v) is 7.94. The summed E-state index contributed by atoms with van der Waals surface area (Å²) in [7, 11) is 0. The normalized spacial score (nSPS) is 21.2. The lowest BCUT2D eigenvalue weighted by Gasteiger charge is -2.33. The highest BCUT2D eigenvalue weighted by Crippen LogP contribution is 2.16. The summed E-state index contributed by atoms with van der Waals surface area (Å²) in [5.41, 5.74) is 1.28. The van der Waals surface area contributed by atoms with Crippen molar-refractivity contribution in [1.29, 1.82) is 0 Å². The van der Waals surface area contributed by atoms with Gasteiger partial charge in [0.2, 0.25) is 0 Å². The van der Waals surface area contributed by atoms with E-state index in [1.165, 1.54) is 5.56 Å². The minimum atomic E-state index is -0.492. The number of hydrogen-bond acceptors (Lipinski definition) is 4. The summed E-state index contributed by atoms with van der Waals surface area (Å²) in [6.45, 7) is 5.16. The number of aryl methyl sites for hydroxylation is 1. The monoisotopic (exact) mass is 293 g/mol. The van der Waals surface area contributed by atoms with Gasteiger partial charge in [-0.15, -0.1) is 0 Å². The summed E-state index contributed by atoms with van der Waals surface area (Å²) in [6.07, 6.45) is 2.71. The van der Waals surface area contributed by atoms with Gasteiger partial charge in [-0.2, -0.15) is 0 Å². The maximum absolute atomic E-state index is 10.1. The summed E-state index contributed by atoms with van der Waals surface area (Å²) in [6, 6.07) is 8.01. The van der Waals surface area contributed by atoms with Gasteiger partial charge in [-0.25, -0.2) is 0 Å². The fourth-order valence-electron chi connectivity index (χ4n) is 2.83. The van der Waals surface area contributed by atoms with Gasteiger partial charge in [0.25, 0.3) is 0 Å². The number of likely N-dealkylation sites (tertiary alicyclic amines) is 1. The average molecular weight is 293 g/mol. The van der Waals surface area contributed by atoms with Crippen LogP contribution in [0, 0.1) is 5.92 Å². The van der Waals surface area contributed by atoms with Crippen LogP contribution in [0.5, 0.6) is 5.75 Å². The molecule has 1 fully saturated rings. The molecule has 0 spiro atoms. The fourth-order valence-corrected chi connectivity index (χ4v) is 2.83. The molecule has 4 heteroatoms. The highest BCUT2D eigenvalue weighted by atomic mass is 16.5. The first-order valence-electron chi connectivity index (χ1n) is 7.94. The third kappa shape index (κ3) is 5.30. The number of ether oxygens (including phenoxy) is 1. The van der Waals surface area contributed by atoms with E-state index in [0.717, 1.165) is 38.1 Å². The van der Waals surface area contributed by atoms with Gasteiger partial charge in [0.15, 0.2) is 0 Å². The van der Waals surface area contributed by atoms with E-state index in [1.807, 2.05) is 12.1 Å². The number of benzene rings is 1. The number of β-amino-alcohol motifs (C(OH)–C–C–N with tert-alkyl or cyclic N) is 1. The summed E-state index contributed by atoms with van der Waals surface area (Å²) in [5.74, 6) is 1.16. The van der Waals surface area contributed by atoms with Crippen LogP contribution in [0.2, 0.25) is 0 Å². The molecule has 2 N–H and O–H groups in total. The first kappa shape index (κ1) is 16.3. The number of piperidine rings is 1. The Labute approximate surface area is 127 Å². The number of rotatable bonds is 7. The Morgan fingerprint density at radius 2 is 2.10 bits per heavy atom. The Kier molecular flexibility index (Phi) is 6.49. The molecule has 0 saturated carbocycles.